The predicted octanol–water partition coefficient (Wildman–Crippen LogP) is 0.897. The zero-order chi connectivity index (χ0) is 8.65. The first-order valence-electron chi connectivity index (χ1n) is 4.91. The van der Waals surface area contributed by atoms with E-state index < -0.39 is 0 Å². The van der Waals surface area contributed by atoms with Crippen LogP contribution < -0.4 is 11.1 Å². The van der Waals surface area contributed by atoms with Gasteiger partial charge in [-0.2, -0.15) is 0 Å². The fourth-order valence-electron chi connectivity index (χ4n) is 1.40. The summed E-state index contributed by atoms with van der Waals surface area (Å²) >= 11 is 0. The van der Waals surface area contributed by atoms with E-state index in [0.29, 0.717) is 0 Å². The van der Waals surface area contributed by atoms with Crippen molar-refractivity contribution in [2.45, 2.75) is 32.1 Å². The summed E-state index contributed by atoms with van der Waals surface area (Å²) in [5, 5.41) is 3.27. The molecule has 1 heterocycles. The van der Waals surface area contributed by atoms with E-state index in [2.05, 4.69) is 10.3 Å². The molecule has 0 amide bonds. The third kappa shape index (κ3) is 3.72. The van der Waals surface area contributed by atoms with Gasteiger partial charge < -0.3 is 11.1 Å². The molecule has 0 saturated carbocycles. The zero-order valence-electron chi connectivity index (χ0n) is 7.68. The van der Waals surface area contributed by atoms with Crippen LogP contribution in [0.25, 0.3) is 0 Å². The number of nitrogens with two attached hydrogens (primary N) is 1. The fraction of sp³-hybridized carbons (Fsp3) is 0.889. The molecule has 0 aromatic heterocycles. The first-order valence-corrected chi connectivity index (χ1v) is 4.91. The van der Waals surface area contributed by atoms with Crippen molar-refractivity contribution in [2.24, 2.45) is 10.7 Å². The Balaban J connectivity index is 1.88. The van der Waals surface area contributed by atoms with E-state index in [9.17, 15) is 0 Å². The van der Waals surface area contributed by atoms with Crippen molar-refractivity contribution in [3.05, 3.63) is 0 Å². The van der Waals surface area contributed by atoms with Gasteiger partial charge in [0, 0.05) is 13.0 Å². The lowest BCUT2D eigenvalue weighted by atomic mass is 10.1. The second-order valence-electron chi connectivity index (χ2n) is 3.21. The number of unbranched alkanes of at least 4 members (excludes halogenated alkanes) is 3. The van der Waals surface area contributed by atoms with Crippen LogP contribution in [0.1, 0.15) is 32.1 Å². The van der Waals surface area contributed by atoms with E-state index in [1.165, 1.54) is 31.5 Å². The van der Waals surface area contributed by atoms with Crippen LogP contribution in [-0.4, -0.2) is 25.5 Å². The van der Waals surface area contributed by atoms with Gasteiger partial charge in [-0.1, -0.05) is 12.8 Å². The highest BCUT2D eigenvalue weighted by atomic mass is 15.1. The standard InChI is InChI=1S/C9H19N3/c10-6-4-2-1-3-5-9-11-7-8-12-9/h1-8,10H2,(H,11,12). The molecule has 1 aliphatic heterocycles. The predicted molar refractivity (Wildman–Crippen MR) is 52.4 cm³/mol. The molecule has 3 heteroatoms. The monoisotopic (exact) mass is 169 g/mol. The quantitative estimate of drug-likeness (QED) is 0.580. The molecule has 1 aliphatic rings. The van der Waals surface area contributed by atoms with Crippen LogP contribution in [0.2, 0.25) is 0 Å². The maximum atomic E-state index is 5.40. The number of aliphatic imine (C=N–C) groups is 1. The number of rotatable bonds is 6. The van der Waals surface area contributed by atoms with Gasteiger partial charge in [-0.15, -0.1) is 0 Å². The molecule has 3 nitrogen and oxygen atoms in total. The van der Waals surface area contributed by atoms with E-state index in [4.69, 9.17) is 5.73 Å². The van der Waals surface area contributed by atoms with Crippen LogP contribution in [0.4, 0.5) is 0 Å². The van der Waals surface area contributed by atoms with E-state index in [-0.39, 0.29) is 0 Å². The van der Waals surface area contributed by atoms with E-state index in [1.54, 1.807) is 0 Å². The van der Waals surface area contributed by atoms with Crippen LogP contribution in [0.15, 0.2) is 4.99 Å². The van der Waals surface area contributed by atoms with Crippen molar-refractivity contribution in [1.29, 1.82) is 0 Å². The number of hydrogen-bond donors (Lipinski definition) is 2. The molecule has 0 radical (unpaired) electrons. The Kier molecular flexibility index (Phi) is 4.76. The minimum absolute atomic E-state index is 0.833. The molecule has 0 spiro atoms. The van der Waals surface area contributed by atoms with Crippen LogP contribution in [0.5, 0.6) is 0 Å². The molecule has 70 valence electrons. The molecule has 0 fully saturated rings. The van der Waals surface area contributed by atoms with Crippen LogP contribution in [0, 0.1) is 0 Å². The Morgan fingerprint density at radius 2 is 2.08 bits per heavy atom. The van der Waals surface area contributed by atoms with Crippen molar-refractivity contribution >= 4 is 5.84 Å². The molecule has 12 heavy (non-hydrogen) atoms. The highest BCUT2D eigenvalue weighted by molar-refractivity contribution is 5.83. The first kappa shape index (κ1) is 9.52. The van der Waals surface area contributed by atoms with Gasteiger partial charge in [0.15, 0.2) is 0 Å². The average molecular weight is 169 g/mol. The van der Waals surface area contributed by atoms with E-state index in [1.807, 2.05) is 0 Å². The fourth-order valence-corrected chi connectivity index (χ4v) is 1.40. The Morgan fingerprint density at radius 1 is 1.25 bits per heavy atom. The zero-order valence-corrected chi connectivity index (χ0v) is 7.68. The highest BCUT2D eigenvalue weighted by Gasteiger charge is 2.02. The summed E-state index contributed by atoms with van der Waals surface area (Å²) in [6.45, 7) is 2.84. The van der Waals surface area contributed by atoms with Gasteiger partial charge in [0.1, 0.15) is 0 Å². The first-order chi connectivity index (χ1) is 5.93. The van der Waals surface area contributed by atoms with Crippen LogP contribution in [0.3, 0.4) is 0 Å². The normalized spacial score (nSPS) is 15.9. The van der Waals surface area contributed by atoms with Gasteiger partial charge in [-0.05, 0) is 19.4 Å². The summed E-state index contributed by atoms with van der Waals surface area (Å²) in [6, 6.07) is 0. The van der Waals surface area contributed by atoms with Gasteiger partial charge in [-0.3, -0.25) is 4.99 Å². The lowest BCUT2D eigenvalue weighted by molar-refractivity contribution is 0.657. The number of hydrogen-bond acceptors (Lipinski definition) is 3. The number of nitrogens with zero attached hydrogens (tertiary/aromatic N) is 1. The lowest BCUT2D eigenvalue weighted by Gasteiger charge is -2.01. The Morgan fingerprint density at radius 3 is 2.75 bits per heavy atom. The van der Waals surface area contributed by atoms with E-state index in [0.717, 1.165) is 26.1 Å². The van der Waals surface area contributed by atoms with Crippen molar-refractivity contribution in [3.8, 4) is 0 Å². The summed E-state index contributed by atoms with van der Waals surface area (Å²) in [6.07, 6.45) is 6.11. The molecule has 0 bridgehead atoms. The Bertz CT molecular complexity index is 143. The van der Waals surface area contributed by atoms with Crippen molar-refractivity contribution in [1.82, 2.24) is 5.32 Å². The maximum Gasteiger partial charge on any atom is 0.0964 e. The van der Waals surface area contributed by atoms with Gasteiger partial charge in [0.05, 0.1) is 12.4 Å². The van der Waals surface area contributed by atoms with Gasteiger partial charge in [0.25, 0.3) is 0 Å². The average Bonchev–Trinajstić information content (AvgIpc) is 2.57. The summed E-state index contributed by atoms with van der Waals surface area (Å²) in [4.78, 5) is 4.33. The molecule has 0 aromatic rings. The summed E-state index contributed by atoms with van der Waals surface area (Å²) in [7, 11) is 0. The Labute approximate surface area is 74.4 Å². The van der Waals surface area contributed by atoms with Crippen LogP contribution >= 0.6 is 0 Å². The van der Waals surface area contributed by atoms with Crippen molar-refractivity contribution in [2.75, 3.05) is 19.6 Å². The van der Waals surface area contributed by atoms with Gasteiger partial charge >= 0.3 is 0 Å². The topological polar surface area (TPSA) is 50.4 Å². The third-order valence-electron chi connectivity index (χ3n) is 2.11. The summed E-state index contributed by atoms with van der Waals surface area (Å²) in [5.41, 5.74) is 5.40. The number of nitrogens with one attached hydrogen (secondary N) is 1. The lowest BCUT2D eigenvalue weighted by Crippen LogP contribution is -2.17. The second kappa shape index (κ2) is 6.00. The molecule has 0 aliphatic carbocycles. The molecule has 1 rings (SSSR count). The summed E-state index contributed by atoms with van der Waals surface area (Å²) in [5.74, 6) is 1.21. The second-order valence-corrected chi connectivity index (χ2v) is 3.21. The molecule has 0 saturated heterocycles. The van der Waals surface area contributed by atoms with E-state index >= 15 is 0 Å². The summed E-state index contributed by atoms with van der Waals surface area (Å²) < 4.78 is 0. The smallest absolute Gasteiger partial charge is 0.0964 e. The number of amidine groups is 1. The van der Waals surface area contributed by atoms with Crippen molar-refractivity contribution in [3.63, 3.8) is 0 Å². The minimum atomic E-state index is 0.833. The minimum Gasteiger partial charge on any atom is -0.372 e. The molecule has 0 unspecified atom stereocenters. The molecular formula is C9H19N3. The highest BCUT2D eigenvalue weighted by Crippen LogP contribution is 2.03. The molecular weight excluding hydrogens is 150 g/mol. The van der Waals surface area contributed by atoms with Crippen LogP contribution in [-0.2, 0) is 0 Å². The van der Waals surface area contributed by atoms with Gasteiger partial charge in [-0.25, -0.2) is 0 Å². The Hall–Kier alpha value is -0.570. The molecule has 3 N–H and O–H groups in total. The molecule has 0 atom stereocenters. The largest absolute Gasteiger partial charge is 0.372 e. The molecule has 0 aromatic carbocycles. The van der Waals surface area contributed by atoms with Crippen molar-refractivity contribution < 1.29 is 0 Å². The third-order valence-corrected chi connectivity index (χ3v) is 2.11. The maximum absolute atomic E-state index is 5.40. The SMILES string of the molecule is NCCCCCCC1=NCCN1. The van der Waals surface area contributed by atoms with Gasteiger partial charge in [0.2, 0.25) is 0 Å².